The van der Waals surface area contributed by atoms with E-state index in [1.54, 1.807) is 0 Å². The predicted octanol–water partition coefficient (Wildman–Crippen LogP) is 5.27. The first-order valence-corrected chi connectivity index (χ1v) is 9.97. The number of hydrogen-bond acceptors (Lipinski definition) is 2. The van der Waals surface area contributed by atoms with Gasteiger partial charge in [0.1, 0.15) is 0 Å². The highest BCUT2D eigenvalue weighted by atomic mass is 16.2. The summed E-state index contributed by atoms with van der Waals surface area (Å²) in [5.41, 5.74) is 1.54. The largest absolute Gasteiger partial charge is 0.339 e. The lowest BCUT2D eigenvalue weighted by Gasteiger charge is -2.44. The molecule has 0 radical (unpaired) electrons. The Morgan fingerprint density at radius 1 is 1.20 bits per heavy atom. The minimum absolute atomic E-state index is 0.179. The molecule has 1 aliphatic rings. The van der Waals surface area contributed by atoms with E-state index < -0.39 is 0 Å². The van der Waals surface area contributed by atoms with Crippen LogP contribution in [0.25, 0.3) is 0 Å². The van der Waals surface area contributed by atoms with Crippen LogP contribution < -0.4 is 0 Å². The van der Waals surface area contributed by atoms with E-state index in [0.29, 0.717) is 29.7 Å². The van der Waals surface area contributed by atoms with E-state index in [-0.39, 0.29) is 5.41 Å². The number of aromatic nitrogens is 1. The second-order valence-electron chi connectivity index (χ2n) is 8.85. The summed E-state index contributed by atoms with van der Waals surface area (Å²) in [6.07, 6.45) is 7.73. The minimum Gasteiger partial charge on any atom is -0.339 e. The van der Waals surface area contributed by atoms with Gasteiger partial charge in [-0.15, -0.1) is 0 Å². The molecule has 0 saturated carbocycles. The van der Waals surface area contributed by atoms with Gasteiger partial charge < -0.3 is 4.90 Å². The van der Waals surface area contributed by atoms with Crippen LogP contribution in [0.3, 0.4) is 0 Å². The van der Waals surface area contributed by atoms with Gasteiger partial charge in [0, 0.05) is 31.4 Å². The van der Waals surface area contributed by atoms with Crippen molar-refractivity contribution in [3.63, 3.8) is 0 Å². The van der Waals surface area contributed by atoms with Crippen molar-refractivity contribution in [3.05, 3.63) is 30.1 Å². The van der Waals surface area contributed by atoms with Crippen LogP contribution in [-0.4, -0.2) is 28.4 Å². The first-order valence-electron chi connectivity index (χ1n) is 9.97. The molecule has 1 aromatic heterocycles. The zero-order valence-electron chi connectivity index (χ0n) is 17.0. The first-order chi connectivity index (χ1) is 11.8. The number of amides is 1. The van der Waals surface area contributed by atoms with Gasteiger partial charge >= 0.3 is 0 Å². The summed E-state index contributed by atoms with van der Waals surface area (Å²) in [7, 11) is 0. The van der Waals surface area contributed by atoms with E-state index in [9.17, 15) is 4.79 Å². The molecule has 0 spiro atoms. The molecular formula is C22H36N2O. The average molecular weight is 345 g/mol. The molecule has 3 unspecified atom stereocenters. The number of rotatable bonds is 8. The average Bonchev–Trinajstić information content (AvgIpc) is 2.99. The van der Waals surface area contributed by atoms with Crippen LogP contribution in [0.5, 0.6) is 0 Å². The lowest BCUT2D eigenvalue weighted by Crippen LogP contribution is -2.45. The maximum Gasteiger partial charge on any atom is 0.222 e. The zero-order valence-corrected chi connectivity index (χ0v) is 17.0. The Hall–Kier alpha value is -1.38. The molecule has 25 heavy (non-hydrogen) atoms. The third-order valence-corrected chi connectivity index (χ3v) is 6.17. The summed E-state index contributed by atoms with van der Waals surface area (Å²) in [6.45, 7) is 14.8. The smallest absolute Gasteiger partial charge is 0.222 e. The molecule has 1 aromatic rings. The normalized spacial score (nSPS) is 19.3. The lowest BCUT2D eigenvalue weighted by atomic mass is 9.65. The Bertz CT molecular complexity index is 552. The Morgan fingerprint density at radius 3 is 2.32 bits per heavy atom. The number of likely N-dealkylation sites (tertiary alicyclic amines) is 1. The van der Waals surface area contributed by atoms with Crippen molar-refractivity contribution in [1.29, 1.82) is 0 Å². The van der Waals surface area contributed by atoms with Crippen LogP contribution in [-0.2, 0) is 4.79 Å². The van der Waals surface area contributed by atoms with Gasteiger partial charge in [0.2, 0.25) is 5.91 Å². The van der Waals surface area contributed by atoms with Gasteiger partial charge in [-0.3, -0.25) is 9.78 Å². The molecule has 2 rings (SSSR count). The van der Waals surface area contributed by atoms with Gasteiger partial charge in [0.25, 0.3) is 0 Å². The quantitative estimate of drug-likeness (QED) is 0.643. The van der Waals surface area contributed by atoms with Crippen molar-refractivity contribution in [3.8, 4) is 0 Å². The lowest BCUT2D eigenvalue weighted by molar-refractivity contribution is -0.131. The molecule has 0 aromatic carbocycles. The van der Waals surface area contributed by atoms with Crippen LogP contribution in [0.1, 0.15) is 78.7 Å². The number of nitrogens with zero attached hydrogens (tertiary/aromatic N) is 2. The number of carbonyl (C=O) groups excluding carboxylic acids is 1. The van der Waals surface area contributed by atoms with Crippen LogP contribution in [0.15, 0.2) is 24.5 Å². The van der Waals surface area contributed by atoms with E-state index in [2.05, 4.69) is 63.6 Å². The monoisotopic (exact) mass is 344 g/mol. The van der Waals surface area contributed by atoms with E-state index in [0.717, 1.165) is 32.2 Å². The maximum absolute atomic E-state index is 12.5. The summed E-state index contributed by atoms with van der Waals surface area (Å²) < 4.78 is 0. The fourth-order valence-corrected chi connectivity index (χ4v) is 4.61. The van der Waals surface area contributed by atoms with Crippen LogP contribution in [0, 0.1) is 17.3 Å². The summed E-state index contributed by atoms with van der Waals surface area (Å²) >= 11 is 0. The molecule has 0 bridgehead atoms. The van der Waals surface area contributed by atoms with Crippen molar-refractivity contribution in [2.45, 2.75) is 79.2 Å². The zero-order chi connectivity index (χ0) is 18.6. The second kappa shape index (κ2) is 8.33. The van der Waals surface area contributed by atoms with E-state index in [1.807, 2.05) is 12.4 Å². The molecule has 140 valence electrons. The van der Waals surface area contributed by atoms with Crippen molar-refractivity contribution in [1.82, 2.24) is 9.88 Å². The fourth-order valence-electron chi connectivity index (χ4n) is 4.61. The van der Waals surface area contributed by atoms with Crippen molar-refractivity contribution >= 4 is 5.91 Å². The molecule has 1 fully saturated rings. The first kappa shape index (κ1) is 19.9. The second-order valence-corrected chi connectivity index (χ2v) is 8.85. The molecule has 1 saturated heterocycles. The minimum atomic E-state index is 0.179. The van der Waals surface area contributed by atoms with E-state index in [4.69, 9.17) is 0 Å². The standard InChI is InChI=1S/C22H36N2O/c1-7-22(5,6)21(18-10-12-23-13-11-18)17(4)19(15-16(2)3)24-14-8-9-20(24)25/h10-13,16-17,19,21H,7-9,14-15H2,1-6H3. The highest BCUT2D eigenvalue weighted by molar-refractivity contribution is 5.78. The molecule has 1 amide bonds. The Labute approximate surface area is 154 Å². The molecule has 2 heterocycles. The summed E-state index contributed by atoms with van der Waals surface area (Å²) in [5.74, 6) is 1.77. The van der Waals surface area contributed by atoms with Gasteiger partial charge in [-0.1, -0.05) is 48.0 Å². The van der Waals surface area contributed by atoms with E-state index >= 15 is 0 Å². The van der Waals surface area contributed by atoms with Gasteiger partial charge in [-0.25, -0.2) is 0 Å². The summed E-state index contributed by atoms with van der Waals surface area (Å²) in [6, 6.07) is 4.65. The number of carbonyl (C=O) groups is 1. The number of hydrogen-bond donors (Lipinski definition) is 0. The Morgan fingerprint density at radius 2 is 1.84 bits per heavy atom. The Kier molecular flexibility index (Phi) is 6.65. The fraction of sp³-hybridized carbons (Fsp3) is 0.727. The molecule has 3 atom stereocenters. The molecule has 0 N–H and O–H groups in total. The number of pyridine rings is 1. The summed E-state index contributed by atoms with van der Waals surface area (Å²) in [4.78, 5) is 18.9. The topological polar surface area (TPSA) is 33.2 Å². The molecule has 0 aliphatic carbocycles. The van der Waals surface area contributed by atoms with Crippen molar-refractivity contribution in [2.75, 3.05) is 6.54 Å². The van der Waals surface area contributed by atoms with Gasteiger partial charge in [-0.05, 0) is 53.7 Å². The molecule has 3 heteroatoms. The predicted molar refractivity (Wildman–Crippen MR) is 104 cm³/mol. The SMILES string of the molecule is CCC(C)(C)C(c1ccncc1)C(C)C(CC(C)C)N1CCCC1=O. The van der Waals surface area contributed by atoms with Crippen LogP contribution >= 0.6 is 0 Å². The van der Waals surface area contributed by atoms with Crippen molar-refractivity contribution < 1.29 is 4.79 Å². The van der Waals surface area contributed by atoms with Crippen LogP contribution in [0.4, 0.5) is 0 Å². The van der Waals surface area contributed by atoms with E-state index in [1.165, 1.54) is 5.56 Å². The third kappa shape index (κ3) is 4.62. The highest BCUT2D eigenvalue weighted by Gasteiger charge is 2.41. The highest BCUT2D eigenvalue weighted by Crippen LogP contribution is 2.46. The van der Waals surface area contributed by atoms with Gasteiger partial charge in [0.05, 0.1) is 0 Å². The maximum atomic E-state index is 12.5. The van der Waals surface area contributed by atoms with Gasteiger partial charge in [-0.2, -0.15) is 0 Å². The molecule has 1 aliphatic heterocycles. The molecule has 3 nitrogen and oxygen atoms in total. The van der Waals surface area contributed by atoms with Crippen molar-refractivity contribution in [2.24, 2.45) is 17.3 Å². The Balaban J connectivity index is 2.40. The third-order valence-electron chi connectivity index (χ3n) is 6.17. The van der Waals surface area contributed by atoms with Crippen LogP contribution in [0.2, 0.25) is 0 Å². The summed E-state index contributed by atoms with van der Waals surface area (Å²) in [5, 5.41) is 0. The molecular weight excluding hydrogens is 308 g/mol. The van der Waals surface area contributed by atoms with Gasteiger partial charge in [0.15, 0.2) is 0 Å².